The molecule has 0 saturated heterocycles. The number of esters is 1. The summed E-state index contributed by atoms with van der Waals surface area (Å²) < 4.78 is 4.91. The summed E-state index contributed by atoms with van der Waals surface area (Å²) >= 11 is 0. The van der Waals surface area contributed by atoms with Crippen LogP contribution in [0.5, 0.6) is 0 Å². The minimum Gasteiger partial charge on any atom is -0.466 e. The third-order valence-electron chi connectivity index (χ3n) is 3.83. The minimum atomic E-state index is -0.0707. The highest BCUT2D eigenvalue weighted by Crippen LogP contribution is 2.25. The molecule has 0 radical (unpaired) electrons. The summed E-state index contributed by atoms with van der Waals surface area (Å²) in [5.74, 6) is -0.0707. The van der Waals surface area contributed by atoms with Crippen LogP contribution in [-0.4, -0.2) is 48.3 Å². The predicted molar refractivity (Wildman–Crippen MR) is 76.0 cm³/mol. The van der Waals surface area contributed by atoms with Crippen molar-refractivity contribution in [1.29, 1.82) is 0 Å². The van der Waals surface area contributed by atoms with Crippen molar-refractivity contribution in [2.45, 2.75) is 64.3 Å². The lowest BCUT2D eigenvalue weighted by molar-refractivity contribution is -0.143. The Balaban J connectivity index is 2.05. The lowest BCUT2D eigenvalue weighted by Crippen LogP contribution is -2.41. The normalized spacial score (nSPS) is 15.5. The summed E-state index contributed by atoms with van der Waals surface area (Å²) in [5, 5.41) is 8.93. The number of hydrogen-bond donors (Lipinski definition) is 1. The molecule has 4 nitrogen and oxygen atoms in total. The molecule has 0 aromatic rings. The average Bonchev–Trinajstić information content (AvgIpc) is 2.33. The highest BCUT2D eigenvalue weighted by atomic mass is 16.5. The van der Waals surface area contributed by atoms with Crippen molar-refractivity contribution in [3.8, 4) is 0 Å². The number of carbonyl (C=O) groups excluding carboxylic acids is 1. The van der Waals surface area contributed by atoms with Crippen molar-refractivity contribution in [3.63, 3.8) is 0 Å². The molecule has 0 spiro atoms. The Hall–Kier alpha value is -0.610. The van der Waals surface area contributed by atoms with Crippen molar-refractivity contribution in [1.82, 2.24) is 4.90 Å². The molecule has 0 aromatic carbocycles. The molecule has 0 bridgehead atoms. The maximum atomic E-state index is 11.2. The zero-order valence-corrected chi connectivity index (χ0v) is 12.3. The largest absolute Gasteiger partial charge is 0.466 e. The van der Waals surface area contributed by atoms with Gasteiger partial charge in [-0.15, -0.1) is 0 Å². The van der Waals surface area contributed by atoms with Crippen molar-refractivity contribution in [2.24, 2.45) is 0 Å². The maximum absolute atomic E-state index is 11.2. The lowest BCUT2D eigenvalue weighted by Gasteiger charge is -2.37. The van der Waals surface area contributed by atoms with Crippen LogP contribution in [0.3, 0.4) is 0 Å². The number of nitrogens with zero attached hydrogens (tertiary/aromatic N) is 1. The van der Waals surface area contributed by atoms with E-state index in [4.69, 9.17) is 9.84 Å². The van der Waals surface area contributed by atoms with Gasteiger partial charge in [0.1, 0.15) is 0 Å². The van der Waals surface area contributed by atoms with Gasteiger partial charge in [-0.3, -0.25) is 4.79 Å². The molecule has 4 heteroatoms. The van der Waals surface area contributed by atoms with Gasteiger partial charge < -0.3 is 14.7 Å². The summed E-state index contributed by atoms with van der Waals surface area (Å²) in [6.07, 6.45) is 8.55. The van der Waals surface area contributed by atoms with Crippen LogP contribution in [0.4, 0.5) is 0 Å². The van der Waals surface area contributed by atoms with E-state index in [1.807, 2.05) is 6.92 Å². The topological polar surface area (TPSA) is 49.8 Å². The van der Waals surface area contributed by atoms with E-state index in [9.17, 15) is 4.79 Å². The highest BCUT2D eigenvalue weighted by molar-refractivity contribution is 5.69. The van der Waals surface area contributed by atoms with Crippen molar-refractivity contribution in [3.05, 3.63) is 0 Å². The predicted octanol–water partition coefficient (Wildman–Crippen LogP) is 2.35. The minimum absolute atomic E-state index is 0.0707. The van der Waals surface area contributed by atoms with Crippen LogP contribution in [0, 0.1) is 0 Å². The zero-order valence-electron chi connectivity index (χ0n) is 12.3. The van der Waals surface area contributed by atoms with Crippen LogP contribution in [-0.2, 0) is 9.53 Å². The van der Waals surface area contributed by atoms with Crippen LogP contribution >= 0.6 is 0 Å². The molecule has 0 unspecified atom stereocenters. The summed E-state index contributed by atoms with van der Waals surface area (Å²) in [6.45, 7) is 4.73. The third kappa shape index (κ3) is 6.92. The fraction of sp³-hybridized carbons (Fsp3) is 0.933. The lowest BCUT2D eigenvalue weighted by atomic mass is 9.91. The monoisotopic (exact) mass is 271 g/mol. The fourth-order valence-corrected chi connectivity index (χ4v) is 2.50. The molecule has 1 fully saturated rings. The van der Waals surface area contributed by atoms with Crippen LogP contribution in [0.2, 0.25) is 0 Å². The summed E-state index contributed by atoms with van der Waals surface area (Å²) in [7, 11) is 0. The Labute approximate surface area is 117 Å². The van der Waals surface area contributed by atoms with Gasteiger partial charge in [0.2, 0.25) is 0 Å². The fourth-order valence-electron chi connectivity index (χ4n) is 2.50. The number of rotatable bonds is 11. The van der Waals surface area contributed by atoms with E-state index in [0.29, 0.717) is 13.0 Å². The molecule has 112 valence electrons. The average molecular weight is 271 g/mol. The SMILES string of the molecule is CCOC(=O)CCCCCN(CCCO)C1CCC1. The Bertz CT molecular complexity index is 242. The first-order valence-electron chi connectivity index (χ1n) is 7.78. The van der Waals surface area contributed by atoms with Gasteiger partial charge in [0, 0.05) is 25.6 Å². The highest BCUT2D eigenvalue weighted by Gasteiger charge is 2.23. The van der Waals surface area contributed by atoms with Crippen molar-refractivity contribution < 1.29 is 14.6 Å². The Morgan fingerprint density at radius 3 is 2.53 bits per heavy atom. The maximum Gasteiger partial charge on any atom is 0.305 e. The van der Waals surface area contributed by atoms with Gasteiger partial charge in [0.05, 0.1) is 6.61 Å². The summed E-state index contributed by atoms with van der Waals surface area (Å²) in [4.78, 5) is 13.7. The molecule has 1 aliphatic rings. The molecule has 1 rings (SSSR count). The van der Waals surface area contributed by atoms with Gasteiger partial charge in [-0.1, -0.05) is 12.8 Å². The summed E-state index contributed by atoms with van der Waals surface area (Å²) in [6, 6.07) is 0.747. The zero-order chi connectivity index (χ0) is 13.9. The molecular formula is C15H29NO3. The molecule has 1 saturated carbocycles. The molecule has 1 N–H and O–H groups in total. The molecule has 0 aliphatic heterocycles. The molecule has 0 aromatic heterocycles. The smallest absolute Gasteiger partial charge is 0.305 e. The number of aliphatic hydroxyl groups excluding tert-OH is 1. The third-order valence-corrected chi connectivity index (χ3v) is 3.83. The molecule has 0 heterocycles. The Morgan fingerprint density at radius 1 is 1.21 bits per heavy atom. The summed E-state index contributed by atoms with van der Waals surface area (Å²) in [5.41, 5.74) is 0. The Kier molecular flexibility index (Phi) is 8.84. The molecule has 1 aliphatic carbocycles. The Morgan fingerprint density at radius 2 is 1.95 bits per heavy atom. The van der Waals surface area contributed by atoms with E-state index in [0.717, 1.165) is 44.8 Å². The van der Waals surface area contributed by atoms with E-state index in [2.05, 4.69) is 4.90 Å². The van der Waals surface area contributed by atoms with Gasteiger partial charge in [0.15, 0.2) is 0 Å². The quantitative estimate of drug-likeness (QED) is 0.463. The van der Waals surface area contributed by atoms with Gasteiger partial charge in [0.25, 0.3) is 0 Å². The molecular weight excluding hydrogens is 242 g/mol. The van der Waals surface area contributed by atoms with Gasteiger partial charge in [-0.2, -0.15) is 0 Å². The number of unbranched alkanes of at least 4 members (excludes halogenated alkanes) is 2. The second-order valence-corrected chi connectivity index (χ2v) is 5.31. The first kappa shape index (κ1) is 16.4. The van der Waals surface area contributed by atoms with E-state index in [1.165, 1.54) is 19.3 Å². The van der Waals surface area contributed by atoms with E-state index in [1.54, 1.807) is 0 Å². The van der Waals surface area contributed by atoms with Crippen LogP contribution < -0.4 is 0 Å². The standard InChI is InChI=1S/C15H29NO3/c1-2-19-15(18)10-4-3-5-11-16(12-7-13-17)14-8-6-9-14/h14,17H,2-13H2,1H3. The van der Waals surface area contributed by atoms with Crippen LogP contribution in [0.15, 0.2) is 0 Å². The first-order valence-corrected chi connectivity index (χ1v) is 7.78. The van der Waals surface area contributed by atoms with Gasteiger partial charge >= 0.3 is 5.97 Å². The molecule has 19 heavy (non-hydrogen) atoms. The second-order valence-electron chi connectivity index (χ2n) is 5.31. The number of ether oxygens (including phenoxy) is 1. The second kappa shape index (κ2) is 10.2. The van der Waals surface area contributed by atoms with E-state index < -0.39 is 0 Å². The van der Waals surface area contributed by atoms with Gasteiger partial charge in [-0.05, 0) is 45.6 Å². The number of aliphatic hydroxyl groups is 1. The van der Waals surface area contributed by atoms with Crippen molar-refractivity contribution in [2.75, 3.05) is 26.3 Å². The number of carbonyl (C=O) groups is 1. The number of hydrogen-bond acceptors (Lipinski definition) is 4. The van der Waals surface area contributed by atoms with E-state index in [-0.39, 0.29) is 12.6 Å². The van der Waals surface area contributed by atoms with Crippen LogP contribution in [0.1, 0.15) is 58.3 Å². The molecule has 0 amide bonds. The van der Waals surface area contributed by atoms with Crippen molar-refractivity contribution >= 4 is 5.97 Å². The van der Waals surface area contributed by atoms with E-state index >= 15 is 0 Å². The van der Waals surface area contributed by atoms with Crippen LogP contribution in [0.25, 0.3) is 0 Å². The molecule has 0 atom stereocenters. The first-order chi connectivity index (χ1) is 9.27. The van der Waals surface area contributed by atoms with Gasteiger partial charge in [-0.25, -0.2) is 0 Å².